The van der Waals surface area contributed by atoms with Gasteiger partial charge in [0.25, 0.3) is 5.56 Å². The number of nitrogens with zero attached hydrogens (tertiary/aromatic N) is 4. The van der Waals surface area contributed by atoms with Gasteiger partial charge < -0.3 is 14.6 Å². The quantitative estimate of drug-likeness (QED) is 0.621. The van der Waals surface area contributed by atoms with E-state index in [0.717, 1.165) is 36.1 Å². The largest absolute Gasteiger partial charge is 0.385 e. The molecule has 8 heteroatoms. The number of benzene rings is 1. The van der Waals surface area contributed by atoms with Crippen LogP contribution in [-0.2, 0) is 28.9 Å². The number of methoxy groups -OCH3 is 1. The Morgan fingerprint density at radius 1 is 1.25 bits per heavy atom. The lowest BCUT2D eigenvalue weighted by Gasteiger charge is -2.13. The molecule has 0 radical (unpaired) electrons. The SMILES string of the molecule is COCCCNC(=O)Cn1c2c(c(=O)n3nc(-c4ccccc4)nc13)CCC2. The van der Waals surface area contributed by atoms with Gasteiger partial charge in [-0.2, -0.15) is 9.50 Å². The smallest absolute Gasteiger partial charge is 0.279 e. The van der Waals surface area contributed by atoms with Gasteiger partial charge in [0, 0.05) is 37.1 Å². The van der Waals surface area contributed by atoms with Crippen LogP contribution in [0, 0.1) is 0 Å². The lowest BCUT2D eigenvalue weighted by atomic mass is 10.2. The third-order valence-electron chi connectivity index (χ3n) is 4.98. The van der Waals surface area contributed by atoms with Crippen molar-refractivity contribution in [2.24, 2.45) is 0 Å². The van der Waals surface area contributed by atoms with E-state index in [1.807, 2.05) is 34.9 Å². The van der Waals surface area contributed by atoms with Gasteiger partial charge in [-0.05, 0) is 25.7 Å². The molecule has 146 valence electrons. The van der Waals surface area contributed by atoms with Crippen LogP contribution >= 0.6 is 0 Å². The summed E-state index contributed by atoms with van der Waals surface area (Å²) in [5, 5.41) is 7.34. The monoisotopic (exact) mass is 381 g/mol. The van der Waals surface area contributed by atoms with Crippen LogP contribution in [0.5, 0.6) is 0 Å². The summed E-state index contributed by atoms with van der Waals surface area (Å²) in [5.74, 6) is 0.784. The van der Waals surface area contributed by atoms with E-state index in [1.54, 1.807) is 7.11 Å². The maximum atomic E-state index is 12.9. The maximum Gasteiger partial charge on any atom is 0.279 e. The normalized spacial score (nSPS) is 13.0. The van der Waals surface area contributed by atoms with E-state index in [4.69, 9.17) is 4.74 Å². The second-order valence-corrected chi connectivity index (χ2v) is 6.88. The summed E-state index contributed by atoms with van der Waals surface area (Å²) < 4.78 is 8.19. The number of nitrogens with one attached hydrogen (secondary N) is 1. The summed E-state index contributed by atoms with van der Waals surface area (Å²) in [6.45, 7) is 1.27. The number of fused-ring (bicyclic) bond motifs is 2. The number of amides is 1. The zero-order valence-corrected chi connectivity index (χ0v) is 15.9. The molecule has 0 atom stereocenters. The summed E-state index contributed by atoms with van der Waals surface area (Å²) in [4.78, 5) is 30.0. The van der Waals surface area contributed by atoms with Gasteiger partial charge in [0.15, 0.2) is 5.82 Å². The summed E-state index contributed by atoms with van der Waals surface area (Å²) in [7, 11) is 1.64. The zero-order valence-electron chi connectivity index (χ0n) is 15.9. The Labute approximate surface area is 162 Å². The highest BCUT2D eigenvalue weighted by Crippen LogP contribution is 2.22. The predicted molar refractivity (Wildman–Crippen MR) is 104 cm³/mol. The average Bonchev–Trinajstić information content (AvgIpc) is 3.37. The molecule has 0 unspecified atom stereocenters. The molecule has 2 aromatic heterocycles. The van der Waals surface area contributed by atoms with E-state index < -0.39 is 0 Å². The molecule has 1 aromatic carbocycles. The average molecular weight is 381 g/mol. The Morgan fingerprint density at radius 2 is 2.07 bits per heavy atom. The highest BCUT2D eigenvalue weighted by Gasteiger charge is 2.25. The Kier molecular flexibility index (Phi) is 5.21. The number of hydrogen-bond donors (Lipinski definition) is 1. The molecule has 0 saturated carbocycles. The molecule has 3 aromatic rings. The van der Waals surface area contributed by atoms with Gasteiger partial charge in [-0.15, -0.1) is 5.10 Å². The number of aromatic nitrogens is 4. The molecule has 2 heterocycles. The molecular weight excluding hydrogens is 358 g/mol. The number of ether oxygens (including phenoxy) is 1. The van der Waals surface area contributed by atoms with Gasteiger partial charge in [-0.25, -0.2) is 0 Å². The van der Waals surface area contributed by atoms with Crippen LogP contribution in [0.15, 0.2) is 35.1 Å². The molecule has 28 heavy (non-hydrogen) atoms. The maximum absolute atomic E-state index is 12.9. The first-order chi connectivity index (χ1) is 13.7. The van der Waals surface area contributed by atoms with Gasteiger partial charge in [-0.1, -0.05) is 30.3 Å². The van der Waals surface area contributed by atoms with Crippen molar-refractivity contribution in [3.63, 3.8) is 0 Å². The van der Waals surface area contributed by atoms with Crippen LogP contribution in [0.25, 0.3) is 17.2 Å². The molecule has 8 nitrogen and oxygen atoms in total. The number of hydrogen-bond acceptors (Lipinski definition) is 5. The van der Waals surface area contributed by atoms with Crippen LogP contribution in [0.2, 0.25) is 0 Å². The molecule has 0 aliphatic heterocycles. The van der Waals surface area contributed by atoms with Crippen LogP contribution in [0.3, 0.4) is 0 Å². The molecule has 0 bridgehead atoms. The van der Waals surface area contributed by atoms with Crippen molar-refractivity contribution < 1.29 is 9.53 Å². The van der Waals surface area contributed by atoms with Crippen molar-refractivity contribution in [2.75, 3.05) is 20.3 Å². The van der Waals surface area contributed by atoms with Crippen molar-refractivity contribution in [2.45, 2.75) is 32.2 Å². The summed E-state index contributed by atoms with van der Waals surface area (Å²) in [6, 6.07) is 9.53. The molecule has 1 N–H and O–H groups in total. The van der Waals surface area contributed by atoms with Gasteiger partial charge in [0.1, 0.15) is 6.54 Å². The lowest BCUT2D eigenvalue weighted by molar-refractivity contribution is -0.121. The third-order valence-corrected chi connectivity index (χ3v) is 4.98. The number of rotatable bonds is 7. The highest BCUT2D eigenvalue weighted by atomic mass is 16.5. The molecule has 0 saturated heterocycles. The Morgan fingerprint density at radius 3 is 2.86 bits per heavy atom. The van der Waals surface area contributed by atoms with Crippen molar-refractivity contribution in [1.82, 2.24) is 24.5 Å². The van der Waals surface area contributed by atoms with Gasteiger partial charge in [0.05, 0.1) is 0 Å². The molecule has 1 aliphatic carbocycles. The molecule has 1 amide bonds. The molecule has 0 spiro atoms. The van der Waals surface area contributed by atoms with E-state index >= 15 is 0 Å². The Balaban J connectivity index is 1.72. The molecule has 4 rings (SSSR count). The van der Waals surface area contributed by atoms with Crippen molar-refractivity contribution in [1.29, 1.82) is 0 Å². The first-order valence-corrected chi connectivity index (χ1v) is 9.51. The van der Waals surface area contributed by atoms with E-state index in [9.17, 15) is 9.59 Å². The van der Waals surface area contributed by atoms with Crippen LogP contribution < -0.4 is 10.9 Å². The van der Waals surface area contributed by atoms with Gasteiger partial charge >= 0.3 is 0 Å². The van der Waals surface area contributed by atoms with Crippen molar-refractivity contribution >= 4 is 11.7 Å². The fraction of sp³-hybridized carbons (Fsp3) is 0.400. The van der Waals surface area contributed by atoms with Crippen LogP contribution in [-0.4, -0.2) is 45.3 Å². The first-order valence-electron chi connectivity index (χ1n) is 9.51. The second kappa shape index (κ2) is 7.93. The van der Waals surface area contributed by atoms with Crippen LogP contribution in [0.4, 0.5) is 0 Å². The molecule has 1 aliphatic rings. The minimum Gasteiger partial charge on any atom is -0.385 e. The Hall–Kier alpha value is -3.00. The van der Waals surface area contributed by atoms with Crippen LogP contribution in [0.1, 0.15) is 24.1 Å². The standard InChI is InChI=1S/C20H23N5O3/c1-28-12-6-11-21-17(26)13-24-16-10-5-9-15(16)19(27)25-20(24)22-18(23-25)14-7-3-2-4-8-14/h2-4,7-8H,5-6,9-13H2,1H3,(H,21,26). The number of carbonyl (C=O) groups excluding carboxylic acids is 1. The summed E-state index contributed by atoms with van der Waals surface area (Å²) in [5.41, 5.74) is 2.34. The predicted octanol–water partition coefficient (Wildman–Crippen LogP) is 1.20. The second-order valence-electron chi connectivity index (χ2n) is 6.88. The van der Waals surface area contributed by atoms with Gasteiger partial charge in [0.2, 0.25) is 11.7 Å². The van der Waals surface area contributed by atoms with Gasteiger partial charge in [-0.3, -0.25) is 9.59 Å². The molecular formula is C20H23N5O3. The topological polar surface area (TPSA) is 90.5 Å². The van der Waals surface area contributed by atoms with Crippen molar-refractivity contribution in [3.8, 4) is 11.4 Å². The van der Waals surface area contributed by atoms with E-state index in [1.165, 1.54) is 4.52 Å². The Bertz CT molecular complexity index is 1060. The number of carbonyl (C=O) groups is 1. The van der Waals surface area contributed by atoms with E-state index in [2.05, 4.69) is 15.4 Å². The van der Waals surface area contributed by atoms with Crippen molar-refractivity contribution in [3.05, 3.63) is 51.9 Å². The lowest BCUT2D eigenvalue weighted by Crippen LogP contribution is -2.32. The third kappa shape index (κ3) is 3.43. The minimum absolute atomic E-state index is 0.111. The fourth-order valence-electron chi connectivity index (χ4n) is 3.64. The minimum atomic E-state index is -0.131. The summed E-state index contributed by atoms with van der Waals surface area (Å²) in [6.07, 6.45) is 3.13. The zero-order chi connectivity index (χ0) is 19.5. The van der Waals surface area contributed by atoms with E-state index in [0.29, 0.717) is 31.2 Å². The van der Waals surface area contributed by atoms with E-state index in [-0.39, 0.29) is 18.0 Å². The molecule has 0 fully saturated rings. The highest BCUT2D eigenvalue weighted by molar-refractivity contribution is 5.76. The fourth-order valence-corrected chi connectivity index (χ4v) is 3.64. The first kappa shape index (κ1) is 18.4. The summed E-state index contributed by atoms with van der Waals surface area (Å²) >= 11 is 0.